The van der Waals surface area contributed by atoms with E-state index in [1.807, 2.05) is 6.92 Å². The maximum atomic E-state index is 12.1. The number of halogens is 1. The quantitative estimate of drug-likeness (QED) is 0.153. The molecule has 1 rings (SSSR count). The molecule has 0 bridgehead atoms. The Kier molecular flexibility index (Phi) is 15.4. The van der Waals surface area contributed by atoms with Gasteiger partial charge in [0.25, 0.3) is 0 Å². The van der Waals surface area contributed by atoms with E-state index in [1.54, 1.807) is 13.2 Å². The highest BCUT2D eigenvalue weighted by Gasteiger charge is 2.12. The van der Waals surface area contributed by atoms with Crippen molar-refractivity contribution in [2.75, 3.05) is 53.1 Å². The molecule has 11 heteroatoms. The molecule has 1 heterocycles. The monoisotopic (exact) mass is 515 g/mol. The maximum absolute atomic E-state index is 12.1. The Bertz CT molecular complexity index is 616. The lowest BCUT2D eigenvalue weighted by molar-refractivity contribution is 0.0702. The summed E-state index contributed by atoms with van der Waals surface area (Å²) in [6.07, 6.45) is 3.65. The van der Waals surface area contributed by atoms with Crippen molar-refractivity contribution in [2.24, 2.45) is 4.99 Å². The molecule has 0 saturated carbocycles. The van der Waals surface area contributed by atoms with Crippen molar-refractivity contribution in [1.82, 2.24) is 20.3 Å². The number of aliphatic imine (C=N–C) groups is 1. The standard InChI is InChI=1S/C16H29N5O4S.HI/c1-3-18-16(19-8-5-11-25-13-12-24-2)20-9-10-21-26(22,23)15-6-4-7-17-14-15;/h4,6-7,14,21H,3,5,8-13H2,1-2H3,(H2,18,19,20);1H. The molecule has 0 aliphatic rings. The molecule has 0 radical (unpaired) electrons. The van der Waals surface area contributed by atoms with E-state index >= 15 is 0 Å². The smallest absolute Gasteiger partial charge is 0.242 e. The van der Waals surface area contributed by atoms with Gasteiger partial charge < -0.3 is 20.1 Å². The van der Waals surface area contributed by atoms with Gasteiger partial charge in [-0.2, -0.15) is 0 Å². The summed E-state index contributed by atoms with van der Waals surface area (Å²) in [5, 5.41) is 6.21. The van der Waals surface area contributed by atoms with Crippen molar-refractivity contribution in [1.29, 1.82) is 0 Å². The van der Waals surface area contributed by atoms with Gasteiger partial charge in [-0.3, -0.25) is 9.98 Å². The predicted molar refractivity (Wildman–Crippen MR) is 116 cm³/mol. The number of hydrogen-bond acceptors (Lipinski definition) is 6. The number of guanidine groups is 1. The normalized spacial score (nSPS) is 11.7. The van der Waals surface area contributed by atoms with E-state index in [-0.39, 0.29) is 35.4 Å². The van der Waals surface area contributed by atoms with Gasteiger partial charge in [-0.1, -0.05) is 0 Å². The number of pyridine rings is 1. The number of ether oxygens (including phenoxy) is 2. The second kappa shape index (κ2) is 16.0. The van der Waals surface area contributed by atoms with Crippen LogP contribution in [0.5, 0.6) is 0 Å². The van der Waals surface area contributed by atoms with Crippen LogP contribution in [0.4, 0.5) is 0 Å². The zero-order chi connectivity index (χ0) is 19.1. The molecule has 0 atom stereocenters. The average molecular weight is 515 g/mol. The van der Waals surface area contributed by atoms with Crippen molar-refractivity contribution in [3.8, 4) is 0 Å². The molecule has 0 unspecified atom stereocenters. The van der Waals surface area contributed by atoms with Crippen LogP contribution in [-0.2, 0) is 19.5 Å². The van der Waals surface area contributed by atoms with E-state index in [4.69, 9.17) is 9.47 Å². The van der Waals surface area contributed by atoms with E-state index in [0.29, 0.717) is 38.9 Å². The molecule has 156 valence electrons. The number of hydrogen-bond donors (Lipinski definition) is 3. The number of methoxy groups -OCH3 is 1. The molecule has 3 N–H and O–H groups in total. The number of nitrogens with zero attached hydrogens (tertiary/aromatic N) is 2. The Labute approximate surface area is 178 Å². The summed E-state index contributed by atoms with van der Waals surface area (Å²) in [5.74, 6) is 0.643. The largest absolute Gasteiger partial charge is 0.382 e. The lowest BCUT2D eigenvalue weighted by Crippen LogP contribution is -2.41. The van der Waals surface area contributed by atoms with Crippen LogP contribution in [0, 0.1) is 0 Å². The fourth-order valence-corrected chi connectivity index (χ4v) is 2.89. The van der Waals surface area contributed by atoms with E-state index in [9.17, 15) is 8.42 Å². The van der Waals surface area contributed by atoms with Gasteiger partial charge in [0, 0.05) is 52.3 Å². The summed E-state index contributed by atoms with van der Waals surface area (Å²) in [6, 6.07) is 3.09. The summed E-state index contributed by atoms with van der Waals surface area (Å²) >= 11 is 0. The molecule has 0 aromatic carbocycles. The average Bonchev–Trinajstić information content (AvgIpc) is 2.65. The highest BCUT2D eigenvalue weighted by Crippen LogP contribution is 2.04. The third-order valence-electron chi connectivity index (χ3n) is 3.15. The Morgan fingerprint density at radius 3 is 2.70 bits per heavy atom. The van der Waals surface area contributed by atoms with E-state index < -0.39 is 10.0 Å². The van der Waals surface area contributed by atoms with Crippen molar-refractivity contribution in [2.45, 2.75) is 18.2 Å². The number of sulfonamides is 1. The molecule has 0 aliphatic carbocycles. The first-order valence-electron chi connectivity index (χ1n) is 8.58. The van der Waals surface area contributed by atoms with Gasteiger partial charge in [-0.25, -0.2) is 13.1 Å². The van der Waals surface area contributed by atoms with Crippen LogP contribution in [0.3, 0.4) is 0 Å². The van der Waals surface area contributed by atoms with Gasteiger partial charge in [-0.05, 0) is 25.5 Å². The highest BCUT2D eigenvalue weighted by atomic mass is 127. The van der Waals surface area contributed by atoms with Gasteiger partial charge in [0.2, 0.25) is 10.0 Å². The van der Waals surface area contributed by atoms with Gasteiger partial charge in [0.1, 0.15) is 4.90 Å². The van der Waals surface area contributed by atoms with Gasteiger partial charge in [-0.15, -0.1) is 24.0 Å². The number of rotatable bonds is 13. The van der Waals surface area contributed by atoms with Crippen LogP contribution >= 0.6 is 24.0 Å². The van der Waals surface area contributed by atoms with Crippen molar-refractivity contribution in [3.05, 3.63) is 24.5 Å². The SMILES string of the molecule is CCNC(=NCCCOCCOC)NCCNS(=O)(=O)c1cccnc1.I. The molecule has 0 spiro atoms. The molecule has 1 aromatic rings. The maximum Gasteiger partial charge on any atom is 0.242 e. The lowest BCUT2D eigenvalue weighted by atomic mass is 10.4. The molecule has 0 aliphatic heterocycles. The lowest BCUT2D eigenvalue weighted by Gasteiger charge is -2.12. The Morgan fingerprint density at radius 1 is 1.22 bits per heavy atom. The highest BCUT2D eigenvalue weighted by molar-refractivity contribution is 14.0. The summed E-state index contributed by atoms with van der Waals surface area (Å²) in [7, 11) is -1.90. The summed E-state index contributed by atoms with van der Waals surface area (Å²) < 4.78 is 36.9. The van der Waals surface area contributed by atoms with Gasteiger partial charge in [0.15, 0.2) is 5.96 Å². The summed E-state index contributed by atoms with van der Waals surface area (Å²) in [5.41, 5.74) is 0. The minimum absolute atomic E-state index is 0. The van der Waals surface area contributed by atoms with Gasteiger partial charge in [0.05, 0.1) is 13.2 Å². The topological polar surface area (TPSA) is 114 Å². The Hall–Kier alpha value is -1.02. The van der Waals surface area contributed by atoms with Gasteiger partial charge >= 0.3 is 0 Å². The van der Waals surface area contributed by atoms with Crippen LogP contribution in [0.25, 0.3) is 0 Å². The molecular formula is C16H30IN5O4S. The minimum atomic E-state index is -3.54. The first-order chi connectivity index (χ1) is 12.6. The second-order valence-corrected chi connectivity index (χ2v) is 7.00. The first kappa shape index (κ1) is 26.0. The van der Waals surface area contributed by atoms with Crippen LogP contribution in [0.1, 0.15) is 13.3 Å². The summed E-state index contributed by atoms with van der Waals surface area (Å²) in [6.45, 7) is 5.74. The molecular weight excluding hydrogens is 485 g/mol. The second-order valence-electron chi connectivity index (χ2n) is 5.23. The van der Waals surface area contributed by atoms with Crippen LogP contribution in [0.2, 0.25) is 0 Å². The molecule has 9 nitrogen and oxygen atoms in total. The zero-order valence-electron chi connectivity index (χ0n) is 15.8. The third kappa shape index (κ3) is 12.1. The van der Waals surface area contributed by atoms with Crippen LogP contribution in [0.15, 0.2) is 34.4 Å². The third-order valence-corrected chi connectivity index (χ3v) is 4.59. The van der Waals surface area contributed by atoms with E-state index in [0.717, 1.165) is 13.0 Å². The van der Waals surface area contributed by atoms with E-state index in [1.165, 1.54) is 18.5 Å². The summed E-state index contributed by atoms with van der Waals surface area (Å²) in [4.78, 5) is 8.38. The van der Waals surface area contributed by atoms with Crippen molar-refractivity contribution >= 4 is 40.0 Å². The number of nitrogens with one attached hydrogen (secondary N) is 3. The van der Waals surface area contributed by atoms with Crippen LogP contribution < -0.4 is 15.4 Å². The van der Waals surface area contributed by atoms with Crippen molar-refractivity contribution in [3.63, 3.8) is 0 Å². The van der Waals surface area contributed by atoms with Crippen molar-refractivity contribution < 1.29 is 17.9 Å². The molecule has 27 heavy (non-hydrogen) atoms. The fourth-order valence-electron chi connectivity index (χ4n) is 1.90. The Morgan fingerprint density at radius 2 is 2.04 bits per heavy atom. The number of aromatic nitrogens is 1. The molecule has 0 saturated heterocycles. The zero-order valence-corrected chi connectivity index (χ0v) is 19.0. The molecule has 0 fully saturated rings. The van der Waals surface area contributed by atoms with E-state index in [2.05, 4.69) is 25.3 Å². The molecule has 0 amide bonds. The first-order valence-corrected chi connectivity index (χ1v) is 10.1. The fraction of sp³-hybridized carbons (Fsp3) is 0.625. The minimum Gasteiger partial charge on any atom is -0.382 e. The predicted octanol–water partition coefficient (Wildman–Crippen LogP) is 0.586. The Balaban J connectivity index is 0.00000676. The van der Waals surface area contributed by atoms with Crippen LogP contribution in [-0.4, -0.2) is 72.5 Å². The molecule has 1 aromatic heterocycles.